The molecule has 1 rings (SSSR count). The number of aliphatic hydroxyl groups is 1. The van der Waals surface area contributed by atoms with Crippen molar-refractivity contribution >= 4 is 5.69 Å². The molecule has 1 aromatic rings. The van der Waals surface area contributed by atoms with Gasteiger partial charge in [-0.25, -0.2) is 0 Å². The zero-order chi connectivity index (χ0) is 11.6. The van der Waals surface area contributed by atoms with Gasteiger partial charge in [0.05, 0.1) is 6.61 Å². The predicted molar refractivity (Wildman–Crippen MR) is 68.9 cm³/mol. The topological polar surface area (TPSA) is 44.3 Å². The molecular weight excluding hydrogens is 200 g/mol. The van der Waals surface area contributed by atoms with Crippen LogP contribution in [0.25, 0.3) is 0 Å². The van der Waals surface area contributed by atoms with E-state index in [1.165, 1.54) is 11.3 Å². The van der Waals surface area contributed by atoms with Gasteiger partial charge >= 0.3 is 0 Å². The molecule has 90 valence electrons. The maximum Gasteiger partial charge on any atom is 0.0555 e. The quantitative estimate of drug-likeness (QED) is 0.587. The molecule has 0 bridgehead atoms. The molecule has 0 radical (unpaired) electrons. The molecule has 16 heavy (non-hydrogen) atoms. The highest BCUT2D eigenvalue weighted by molar-refractivity contribution is 5.45. The Bertz CT molecular complexity index is 289. The standard InChI is InChI=1S/C13H22N2O/c1-12-5-4-6-13(11-12)15-8-3-2-7-14-9-10-16/h4-6,11,14-16H,2-3,7-10H2,1H3. The minimum absolute atomic E-state index is 0.224. The fourth-order valence-corrected chi connectivity index (χ4v) is 1.57. The second kappa shape index (κ2) is 8.13. The zero-order valence-electron chi connectivity index (χ0n) is 10.00. The summed E-state index contributed by atoms with van der Waals surface area (Å²) in [5.41, 5.74) is 2.48. The first kappa shape index (κ1) is 13.0. The van der Waals surface area contributed by atoms with Crippen LogP contribution in [0, 0.1) is 6.92 Å². The van der Waals surface area contributed by atoms with Gasteiger partial charge in [0.2, 0.25) is 0 Å². The Balaban J connectivity index is 2.03. The van der Waals surface area contributed by atoms with Crippen molar-refractivity contribution in [3.05, 3.63) is 29.8 Å². The second-order valence-electron chi connectivity index (χ2n) is 3.98. The number of hydrogen-bond donors (Lipinski definition) is 3. The minimum atomic E-state index is 0.224. The van der Waals surface area contributed by atoms with Crippen LogP contribution in [0.15, 0.2) is 24.3 Å². The minimum Gasteiger partial charge on any atom is -0.395 e. The van der Waals surface area contributed by atoms with Gasteiger partial charge in [-0.3, -0.25) is 0 Å². The van der Waals surface area contributed by atoms with Crippen molar-refractivity contribution in [3.63, 3.8) is 0 Å². The number of aryl methyl sites for hydroxylation is 1. The van der Waals surface area contributed by atoms with E-state index in [1.807, 2.05) is 0 Å². The molecule has 3 heteroatoms. The molecule has 0 aliphatic carbocycles. The Hall–Kier alpha value is -1.06. The first-order chi connectivity index (χ1) is 7.83. The summed E-state index contributed by atoms with van der Waals surface area (Å²) < 4.78 is 0. The van der Waals surface area contributed by atoms with Gasteiger partial charge in [0.1, 0.15) is 0 Å². The monoisotopic (exact) mass is 222 g/mol. The Morgan fingerprint density at radius 2 is 1.94 bits per heavy atom. The third-order valence-electron chi connectivity index (χ3n) is 2.42. The van der Waals surface area contributed by atoms with Crippen molar-refractivity contribution < 1.29 is 5.11 Å². The van der Waals surface area contributed by atoms with E-state index in [0.717, 1.165) is 25.9 Å². The van der Waals surface area contributed by atoms with E-state index in [-0.39, 0.29) is 6.61 Å². The zero-order valence-corrected chi connectivity index (χ0v) is 10.00. The molecule has 0 aromatic heterocycles. The van der Waals surface area contributed by atoms with Crippen molar-refractivity contribution in [1.82, 2.24) is 5.32 Å². The summed E-state index contributed by atoms with van der Waals surface area (Å²) in [4.78, 5) is 0. The van der Waals surface area contributed by atoms with Gasteiger partial charge in [0.15, 0.2) is 0 Å². The Morgan fingerprint density at radius 1 is 1.12 bits per heavy atom. The lowest BCUT2D eigenvalue weighted by atomic mass is 10.2. The Labute approximate surface area is 97.9 Å². The first-order valence-electron chi connectivity index (χ1n) is 5.95. The summed E-state index contributed by atoms with van der Waals surface area (Å²) in [6, 6.07) is 8.42. The van der Waals surface area contributed by atoms with Gasteiger partial charge in [-0.2, -0.15) is 0 Å². The van der Waals surface area contributed by atoms with Crippen molar-refractivity contribution in [3.8, 4) is 0 Å². The van der Waals surface area contributed by atoms with Crippen molar-refractivity contribution in [1.29, 1.82) is 0 Å². The maximum absolute atomic E-state index is 8.57. The van der Waals surface area contributed by atoms with Crippen LogP contribution in [0.5, 0.6) is 0 Å². The van der Waals surface area contributed by atoms with Crippen molar-refractivity contribution in [2.45, 2.75) is 19.8 Å². The van der Waals surface area contributed by atoms with E-state index in [2.05, 4.69) is 41.8 Å². The smallest absolute Gasteiger partial charge is 0.0555 e. The van der Waals surface area contributed by atoms with E-state index in [4.69, 9.17) is 5.11 Å². The summed E-state index contributed by atoms with van der Waals surface area (Å²) >= 11 is 0. The summed E-state index contributed by atoms with van der Waals surface area (Å²) in [5.74, 6) is 0. The molecule has 0 aliphatic heterocycles. The molecule has 3 N–H and O–H groups in total. The van der Waals surface area contributed by atoms with Gasteiger partial charge in [0, 0.05) is 18.8 Å². The molecule has 0 spiro atoms. The van der Waals surface area contributed by atoms with E-state index < -0.39 is 0 Å². The number of anilines is 1. The average Bonchev–Trinajstić information content (AvgIpc) is 2.28. The van der Waals surface area contributed by atoms with Crippen LogP contribution in [0.4, 0.5) is 5.69 Å². The van der Waals surface area contributed by atoms with Crippen molar-refractivity contribution in [2.75, 3.05) is 31.6 Å². The number of hydrogen-bond acceptors (Lipinski definition) is 3. The lowest BCUT2D eigenvalue weighted by molar-refractivity contribution is 0.292. The second-order valence-corrected chi connectivity index (χ2v) is 3.98. The molecule has 1 aromatic carbocycles. The highest BCUT2D eigenvalue weighted by atomic mass is 16.3. The molecule has 0 amide bonds. The van der Waals surface area contributed by atoms with Crippen LogP contribution in [0.2, 0.25) is 0 Å². The lowest BCUT2D eigenvalue weighted by Gasteiger charge is -2.07. The fourth-order valence-electron chi connectivity index (χ4n) is 1.57. The van der Waals surface area contributed by atoms with Crippen LogP contribution < -0.4 is 10.6 Å². The Kier molecular flexibility index (Phi) is 6.61. The van der Waals surface area contributed by atoms with Crippen LogP contribution in [0.1, 0.15) is 18.4 Å². The number of aliphatic hydroxyl groups excluding tert-OH is 1. The van der Waals surface area contributed by atoms with E-state index in [9.17, 15) is 0 Å². The van der Waals surface area contributed by atoms with Gasteiger partial charge in [0.25, 0.3) is 0 Å². The molecule has 0 atom stereocenters. The highest BCUT2D eigenvalue weighted by Crippen LogP contribution is 2.09. The third-order valence-corrected chi connectivity index (χ3v) is 2.42. The van der Waals surface area contributed by atoms with Gasteiger partial charge in [-0.15, -0.1) is 0 Å². The van der Waals surface area contributed by atoms with Crippen molar-refractivity contribution in [2.24, 2.45) is 0 Å². The van der Waals surface area contributed by atoms with Crippen LogP contribution in [-0.4, -0.2) is 31.3 Å². The lowest BCUT2D eigenvalue weighted by Crippen LogP contribution is -2.19. The molecule has 3 nitrogen and oxygen atoms in total. The van der Waals surface area contributed by atoms with Crippen LogP contribution in [-0.2, 0) is 0 Å². The third kappa shape index (κ3) is 5.73. The molecule has 0 saturated heterocycles. The molecule has 0 aliphatic rings. The van der Waals surface area contributed by atoms with Gasteiger partial charge in [-0.1, -0.05) is 12.1 Å². The first-order valence-corrected chi connectivity index (χ1v) is 5.95. The van der Waals surface area contributed by atoms with Crippen LogP contribution in [0.3, 0.4) is 0 Å². The summed E-state index contributed by atoms with van der Waals surface area (Å²) in [7, 11) is 0. The number of unbranched alkanes of at least 4 members (excludes halogenated alkanes) is 1. The number of rotatable bonds is 8. The molecule has 0 unspecified atom stereocenters. The summed E-state index contributed by atoms with van der Waals surface area (Å²) in [5, 5.41) is 15.1. The molecule has 0 fully saturated rings. The molecule has 0 saturated carbocycles. The number of benzene rings is 1. The summed E-state index contributed by atoms with van der Waals surface area (Å²) in [6.07, 6.45) is 2.28. The van der Waals surface area contributed by atoms with E-state index in [0.29, 0.717) is 6.54 Å². The van der Waals surface area contributed by atoms with Crippen LogP contribution >= 0.6 is 0 Å². The fraction of sp³-hybridized carbons (Fsp3) is 0.538. The molecular formula is C13H22N2O. The Morgan fingerprint density at radius 3 is 2.69 bits per heavy atom. The predicted octanol–water partition coefficient (Wildman–Crippen LogP) is 1.77. The van der Waals surface area contributed by atoms with E-state index >= 15 is 0 Å². The largest absolute Gasteiger partial charge is 0.395 e. The SMILES string of the molecule is Cc1cccc(NCCCCNCCO)c1. The van der Waals surface area contributed by atoms with Gasteiger partial charge in [-0.05, 0) is 44.0 Å². The van der Waals surface area contributed by atoms with Gasteiger partial charge < -0.3 is 15.7 Å². The highest BCUT2D eigenvalue weighted by Gasteiger charge is 1.92. The summed E-state index contributed by atoms with van der Waals surface area (Å²) in [6.45, 7) is 5.01. The molecule has 0 heterocycles. The van der Waals surface area contributed by atoms with E-state index in [1.54, 1.807) is 0 Å². The average molecular weight is 222 g/mol. The number of nitrogens with one attached hydrogen (secondary N) is 2. The normalized spacial score (nSPS) is 10.4. The maximum atomic E-state index is 8.57.